The first kappa shape index (κ1) is 13.1. The Morgan fingerprint density at radius 1 is 1.61 bits per heavy atom. The second-order valence-electron chi connectivity index (χ2n) is 5.08. The molecule has 1 aliphatic heterocycles. The largest absolute Gasteiger partial charge is 0.338 e. The SMILES string of the molecule is CNCC1CCCN(C(=O)c2cnn(C)c2C)C1. The fourth-order valence-electron chi connectivity index (χ4n) is 2.58. The molecule has 1 aromatic heterocycles. The molecule has 5 heteroatoms. The fraction of sp³-hybridized carbons (Fsp3) is 0.692. The molecule has 5 nitrogen and oxygen atoms in total. The molecule has 0 radical (unpaired) electrons. The highest BCUT2D eigenvalue weighted by Gasteiger charge is 2.25. The molecule has 100 valence electrons. The molecule has 0 aliphatic carbocycles. The third kappa shape index (κ3) is 2.56. The standard InChI is InChI=1S/C13H22N4O/c1-10-12(8-15-16(10)3)13(18)17-6-4-5-11(9-17)7-14-2/h8,11,14H,4-7,9H2,1-3H3. The lowest BCUT2D eigenvalue weighted by Gasteiger charge is -2.32. The van der Waals surface area contributed by atoms with Crippen LogP contribution in [0.15, 0.2) is 6.20 Å². The van der Waals surface area contributed by atoms with Crippen molar-refractivity contribution in [2.24, 2.45) is 13.0 Å². The maximum Gasteiger partial charge on any atom is 0.257 e. The highest BCUT2D eigenvalue weighted by Crippen LogP contribution is 2.19. The molecule has 1 unspecified atom stereocenters. The third-order valence-electron chi connectivity index (χ3n) is 3.76. The molecule has 2 heterocycles. The van der Waals surface area contributed by atoms with Gasteiger partial charge in [0.1, 0.15) is 0 Å². The third-order valence-corrected chi connectivity index (χ3v) is 3.76. The van der Waals surface area contributed by atoms with Gasteiger partial charge in [0.05, 0.1) is 11.8 Å². The van der Waals surface area contributed by atoms with E-state index in [-0.39, 0.29) is 5.91 Å². The van der Waals surface area contributed by atoms with Crippen molar-refractivity contribution in [2.75, 3.05) is 26.7 Å². The minimum Gasteiger partial charge on any atom is -0.338 e. The van der Waals surface area contributed by atoms with Gasteiger partial charge >= 0.3 is 0 Å². The van der Waals surface area contributed by atoms with Gasteiger partial charge in [-0.2, -0.15) is 5.10 Å². The summed E-state index contributed by atoms with van der Waals surface area (Å²) in [6.45, 7) is 4.65. The molecule has 18 heavy (non-hydrogen) atoms. The van der Waals surface area contributed by atoms with Crippen LogP contribution in [-0.4, -0.2) is 47.3 Å². The minimum absolute atomic E-state index is 0.126. The van der Waals surface area contributed by atoms with E-state index < -0.39 is 0 Å². The number of likely N-dealkylation sites (tertiary alicyclic amines) is 1. The number of amides is 1. The van der Waals surface area contributed by atoms with Crippen molar-refractivity contribution < 1.29 is 4.79 Å². The molecular formula is C13H22N4O. The van der Waals surface area contributed by atoms with Gasteiger partial charge in [0.15, 0.2) is 0 Å². The van der Waals surface area contributed by atoms with Gasteiger partial charge in [-0.3, -0.25) is 9.48 Å². The van der Waals surface area contributed by atoms with E-state index in [1.54, 1.807) is 10.9 Å². The van der Waals surface area contributed by atoms with Gasteiger partial charge < -0.3 is 10.2 Å². The number of hydrogen-bond donors (Lipinski definition) is 1. The number of nitrogens with one attached hydrogen (secondary N) is 1. The summed E-state index contributed by atoms with van der Waals surface area (Å²) in [6.07, 6.45) is 3.98. The molecule has 1 aliphatic rings. The summed E-state index contributed by atoms with van der Waals surface area (Å²) in [6, 6.07) is 0. The number of rotatable bonds is 3. The van der Waals surface area contributed by atoms with Crippen molar-refractivity contribution in [1.29, 1.82) is 0 Å². The van der Waals surface area contributed by atoms with Crippen molar-refractivity contribution in [2.45, 2.75) is 19.8 Å². The summed E-state index contributed by atoms with van der Waals surface area (Å²) in [7, 11) is 3.83. The molecule has 1 saturated heterocycles. The fourth-order valence-corrected chi connectivity index (χ4v) is 2.58. The van der Waals surface area contributed by atoms with Gasteiger partial charge in [0.2, 0.25) is 0 Å². The maximum atomic E-state index is 12.4. The number of carbonyl (C=O) groups is 1. The molecule has 1 fully saturated rings. The summed E-state index contributed by atoms with van der Waals surface area (Å²) in [5, 5.41) is 7.34. The summed E-state index contributed by atoms with van der Waals surface area (Å²) in [5.74, 6) is 0.700. The van der Waals surface area contributed by atoms with E-state index in [1.165, 1.54) is 6.42 Å². The molecule has 0 saturated carbocycles. The predicted octanol–water partition coefficient (Wildman–Crippen LogP) is 0.800. The number of aromatic nitrogens is 2. The second kappa shape index (κ2) is 5.52. The van der Waals surface area contributed by atoms with Crippen LogP contribution in [0.4, 0.5) is 0 Å². The van der Waals surface area contributed by atoms with Gasteiger partial charge in [-0.15, -0.1) is 0 Å². The first-order chi connectivity index (χ1) is 8.63. The molecule has 2 rings (SSSR count). The first-order valence-electron chi connectivity index (χ1n) is 6.56. The smallest absolute Gasteiger partial charge is 0.257 e. The topological polar surface area (TPSA) is 50.2 Å². The Bertz CT molecular complexity index is 425. The van der Waals surface area contributed by atoms with E-state index in [4.69, 9.17) is 0 Å². The Morgan fingerprint density at radius 2 is 2.39 bits per heavy atom. The zero-order valence-corrected chi connectivity index (χ0v) is 11.4. The summed E-state index contributed by atoms with van der Waals surface area (Å²) < 4.78 is 1.75. The van der Waals surface area contributed by atoms with Crippen LogP contribution >= 0.6 is 0 Å². The van der Waals surface area contributed by atoms with E-state index in [9.17, 15) is 4.79 Å². The molecular weight excluding hydrogens is 228 g/mol. The zero-order valence-electron chi connectivity index (χ0n) is 11.4. The predicted molar refractivity (Wildman–Crippen MR) is 70.5 cm³/mol. The number of hydrogen-bond acceptors (Lipinski definition) is 3. The van der Waals surface area contributed by atoms with Crippen LogP contribution in [0.3, 0.4) is 0 Å². The molecule has 0 spiro atoms. The summed E-state index contributed by atoms with van der Waals surface area (Å²) >= 11 is 0. The Hall–Kier alpha value is -1.36. The number of aryl methyl sites for hydroxylation is 1. The molecule has 1 aromatic rings. The minimum atomic E-state index is 0.126. The lowest BCUT2D eigenvalue weighted by molar-refractivity contribution is 0.0673. The van der Waals surface area contributed by atoms with Gasteiger partial charge in [-0.25, -0.2) is 0 Å². The van der Waals surface area contributed by atoms with Crippen LogP contribution in [0.1, 0.15) is 28.9 Å². The molecule has 1 atom stereocenters. The lowest BCUT2D eigenvalue weighted by Crippen LogP contribution is -2.42. The van der Waals surface area contributed by atoms with Crippen LogP contribution in [-0.2, 0) is 7.05 Å². The van der Waals surface area contributed by atoms with E-state index in [0.717, 1.165) is 37.3 Å². The average Bonchev–Trinajstić information content (AvgIpc) is 2.70. The van der Waals surface area contributed by atoms with Gasteiger partial charge in [-0.05, 0) is 39.3 Å². The van der Waals surface area contributed by atoms with Crippen LogP contribution in [0.5, 0.6) is 0 Å². The van der Waals surface area contributed by atoms with E-state index in [0.29, 0.717) is 5.92 Å². The van der Waals surface area contributed by atoms with Crippen LogP contribution in [0.2, 0.25) is 0 Å². The number of carbonyl (C=O) groups excluding carboxylic acids is 1. The Kier molecular flexibility index (Phi) is 4.01. The van der Waals surface area contributed by atoms with Crippen molar-refractivity contribution in [3.8, 4) is 0 Å². The van der Waals surface area contributed by atoms with E-state index in [1.807, 2.05) is 25.9 Å². The second-order valence-corrected chi connectivity index (χ2v) is 5.08. The number of nitrogens with zero attached hydrogens (tertiary/aromatic N) is 3. The highest BCUT2D eigenvalue weighted by atomic mass is 16.2. The van der Waals surface area contributed by atoms with E-state index >= 15 is 0 Å². The normalized spacial score (nSPS) is 20.2. The Labute approximate surface area is 108 Å². The number of piperidine rings is 1. The molecule has 0 aromatic carbocycles. The van der Waals surface area contributed by atoms with Gasteiger partial charge in [0, 0.05) is 25.8 Å². The molecule has 1 amide bonds. The Balaban J connectivity index is 2.07. The van der Waals surface area contributed by atoms with Crippen molar-refractivity contribution in [3.05, 3.63) is 17.5 Å². The lowest BCUT2D eigenvalue weighted by atomic mass is 9.97. The summed E-state index contributed by atoms with van der Waals surface area (Å²) in [4.78, 5) is 14.4. The quantitative estimate of drug-likeness (QED) is 0.863. The van der Waals surface area contributed by atoms with Crippen molar-refractivity contribution in [3.63, 3.8) is 0 Å². The Morgan fingerprint density at radius 3 is 3.00 bits per heavy atom. The van der Waals surface area contributed by atoms with Crippen LogP contribution in [0.25, 0.3) is 0 Å². The average molecular weight is 250 g/mol. The van der Waals surface area contributed by atoms with Crippen molar-refractivity contribution in [1.82, 2.24) is 20.0 Å². The monoisotopic (exact) mass is 250 g/mol. The van der Waals surface area contributed by atoms with Crippen molar-refractivity contribution >= 4 is 5.91 Å². The highest BCUT2D eigenvalue weighted by molar-refractivity contribution is 5.95. The van der Waals surface area contributed by atoms with Crippen LogP contribution in [0, 0.1) is 12.8 Å². The summed E-state index contributed by atoms with van der Waals surface area (Å²) in [5.41, 5.74) is 1.68. The van der Waals surface area contributed by atoms with E-state index in [2.05, 4.69) is 10.4 Å². The molecule has 0 bridgehead atoms. The molecule has 1 N–H and O–H groups in total. The maximum absolute atomic E-state index is 12.4. The van der Waals surface area contributed by atoms with Gasteiger partial charge in [0.25, 0.3) is 5.91 Å². The van der Waals surface area contributed by atoms with Crippen LogP contribution < -0.4 is 5.32 Å². The van der Waals surface area contributed by atoms with Gasteiger partial charge in [-0.1, -0.05) is 0 Å². The zero-order chi connectivity index (χ0) is 13.1. The first-order valence-corrected chi connectivity index (χ1v) is 6.56.